The number of halogens is 1. The fraction of sp³-hybridized carbons (Fsp3) is 0.167. The highest BCUT2D eigenvalue weighted by atomic mass is 19.1. The Bertz CT molecular complexity index is 502. The van der Waals surface area contributed by atoms with Crippen molar-refractivity contribution in [1.29, 1.82) is 0 Å². The van der Waals surface area contributed by atoms with E-state index in [9.17, 15) is 9.50 Å². The van der Waals surface area contributed by atoms with Crippen LogP contribution in [0.2, 0.25) is 0 Å². The van der Waals surface area contributed by atoms with E-state index >= 15 is 0 Å². The topological polar surface area (TPSA) is 46.0 Å². The molecule has 1 atom stereocenters. The summed E-state index contributed by atoms with van der Waals surface area (Å²) in [6.45, 7) is 1.72. The molecule has 1 heterocycles. The third kappa shape index (κ3) is 2.06. The second-order valence-electron chi connectivity index (χ2n) is 3.45. The summed E-state index contributed by atoms with van der Waals surface area (Å²) in [5.41, 5.74) is 0.623. The third-order valence-electron chi connectivity index (χ3n) is 2.28. The first-order chi connectivity index (χ1) is 7.68. The van der Waals surface area contributed by atoms with Crippen LogP contribution in [-0.4, -0.2) is 15.1 Å². The lowest BCUT2D eigenvalue weighted by Crippen LogP contribution is -2.06. The third-order valence-corrected chi connectivity index (χ3v) is 2.28. The van der Waals surface area contributed by atoms with Crippen molar-refractivity contribution >= 4 is 0 Å². The van der Waals surface area contributed by atoms with E-state index < -0.39 is 11.9 Å². The molecule has 1 aromatic carbocycles. The van der Waals surface area contributed by atoms with Gasteiger partial charge in [0.25, 0.3) is 0 Å². The van der Waals surface area contributed by atoms with Crippen LogP contribution in [0.4, 0.5) is 4.39 Å². The molecular formula is C12H11FN2O. The summed E-state index contributed by atoms with van der Waals surface area (Å²) >= 11 is 0. The summed E-state index contributed by atoms with van der Waals surface area (Å²) in [6, 6.07) is 7.68. The van der Waals surface area contributed by atoms with Gasteiger partial charge in [0.1, 0.15) is 17.7 Å². The first-order valence-electron chi connectivity index (χ1n) is 4.90. The van der Waals surface area contributed by atoms with E-state index in [2.05, 4.69) is 9.97 Å². The van der Waals surface area contributed by atoms with Crippen LogP contribution in [0.3, 0.4) is 0 Å². The van der Waals surface area contributed by atoms with Gasteiger partial charge >= 0.3 is 0 Å². The summed E-state index contributed by atoms with van der Waals surface area (Å²) in [7, 11) is 0. The Hall–Kier alpha value is -1.81. The Balaban J connectivity index is 2.39. The van der Waals surface area contributed by atoms with Gasteiger partial charge < -0.3 is 5.11 Å². The number of hydrogen-bond donors (Lipinski definition) is 1. The van der Waals surface area contributed by atoms with E-state index in [0.29, 0.717) is 11.5 Å². The molecule has 0 spiro atoms. The lowest BCUT2D eigenvalue weighted by molar-refractivity contribution is 0.209. The van der Waals surface area contributed by atoms with Crippen molar-refractivity contribution in [2.75, 3.05) is 0 Å². The molecule has 0 aliphatic heterocycles. The zero-order valence-corrected chi connectivity index (χ0v) is 8.76. The van der Waals surface area contributed by atoms with Crippen LogP contribution in [-0.2, 0) is 0 Å². The molecule has 0 aliphatic rings. The first kappa shape index (κ1) is 10.7. The Morgan fingerprint density at radius 1 is 1.25 bits per heavy atom. The van der Waals surface area contributed by atoms with Crippen molar-refractivity contribution < 1.29 is 9.50 Å². The molecule has 0 saturated heterocycles. The Labute approximate surface area is 92.6 Å². The summed E-state index contributed by atoms with van der Waals surface area (Å²) in [5, 5.41) is 9.97. The van der Waals surface area contributed by atoms with Crippen molar-refractivity contribution in [1.82, 2.24) is 9.97 Å². The molecule has 0 aliphatic carbocycles. The monoisotopic (exact) mass is 218 g/mol. The van der Waals surface area contributed by atoms with Crippen molar-refractivity contribution in [3.63, 3.8) is 0 Å². The Kier molecular flexibility index (Phi) is 2.92. The van der Waals surface area contributed by atoms with Crippen molar-refractivity contribution in [2.45, 2.75) is 13.0 Å². The number of aromatic nitrogens is 2. The number of hydrogen-bond acceptors (Lipinski definition) is 3. The lowest BCUT2D eigenvalue weighted by atomic mass is 10.1. The second kappa shape index (κ2) is 4.37. The molecule has 4 heteroatoms. The van der Waals surface area contributed by atoms with E-state index in [1.54, 1.807) is 31.3 Å². The van der Waals surface area contributed by atoms with Crippen LogP contribution in [0, 0.1) is 12.7 Å². The highest BCUT2D eigenvalue weighted by Gasteiger charge is 2.15. The van der Waals surface area contributed by atoms with E-state index in [4.69, 9.17) is 0 Å². The minimum atomic E-state index is -1.05. The average Bonchev–Trinajstić information content (AvgIpc) is 2.29. The van der Waals surface area contributed by atoms with Crippen LogP contribution >= 0.6 is 0 Å². The SMILES string of the molecule is Cc1nccc(C(O)c2ccccc2F)n1. The predicted molar refractivity (Wildman–Crippen MR) is 57.2 cm³/mol. The molecule has 16 heavy (non-hydrogen) atoms. The minimum Gasteiger partial charge on any atom is -0.382 e. The molecule has 0 amide bonds. The van der Waals surface area contributed by atoms with Gasteiger partial charge in [-0.05, 0) is 19.1 Å². The number of benzene rings is 1. The highest BCUT2D eigenvalue weighted by Crippen LogP contribution is 2.22. The van der Waals surface area contributed by atoms with E-state index in [0.717, 1.165) is 0 Å². The van der Waals surface area contributed by atoms with Gasteiger partial charge in [-0.2, -0.15) is 0 Å². The molecule has 2 rings (SSSR count). The van der Waals surface area contributed by atoms with Gasteiger partial charge in [-0.15, -0.1) is 0 Å². The molecule has 0 saturated carbocycles. The molecule has 0 fully saturated rings. The molecule has 82 valence electrons. The summed E-state index contributed by atoms with van der Waals surface area (Å²) in [6.07, 6.45) is 0.491. The zero-order chi connectivity index (χ0) is 11.5. The van der Waals surface area contributed by atoms with Gasteiger partial charge in [-0.3, -0.25) is 0 Å². The van der Waals surface area contributed by atoms with E-state index in [1.165, 1.54) is 12.1 Å². The zero-order valence-electron chi connectivity index (χ0n) is 8.76. The maximum Gasteiger partial charge on any atom is 0.129 e. The maximum absolute atomic E-state index is 13.4. The van der Waals surface area contributed by atoms with Crippen LogP contribution < -0.4 is 0 Å². The molecule has 1 N–H and O–H groups in total. The molecule has 0 radical (unpaired) electrons. The number of aryl methyl sites for hydroxylation is 1. The lowest BCUT2D eigenvalue weighted by Gasteiger charge is -2.11. The molecule has 0 bridgehead atoms. The standard InChI is InChI=1S/C12H11FN2O/c1-8-14-7-6-11(15-8)12(16)9-4-2-3-5-10(9)13/h2-7,12,16H,1H3. The number of aliphatic hydroxyl groups excluding tert-OH is 1. The van der Waals surface area contributed by atoms with E-state index in [-0.39, 0.29) is 5.56 Å². The Morgan fingerprint density at radius 3 is 2.69 bits per heavy atom. The summed E-state index contributed by atoms with van der Waals surface area (Å²) < 4.78 is 13.4. The van der Waals surface area contributed by atoms with Crippen LogP contribution in [0.25, 0.3) is 0 Å². The summed E-state index contributed by atoms with van der Waals surface area (Å²) in [5.74, 6) is 0.110. The van der Waals surface area contributed by atoms with Crippen molar-refractivity contribution in [3.8, 4) is 0 Å². The van der Waals surface area contributed by atoms with Gasteiger partial charge in [0.2, 0.25) is 0 Å². The van der Waals surface area contributed by atoms with Crippen LogP contribution in [0.1, 0.15) is 23.2 Å². The van der Waals surface area contributed by atoms with Gasteiger partial charge in [0.05, 0.1) is 5.69 Å². The molecule has 1 unspecified atom stereocenters. The largest absolute Gasteiger partial charge is 0.382 e. The smallest absolute Gasteiger partial charge is 0.129 e. The number of aliphatic hydroxyl groups is 1. The highest BCUT2D eigenvalue weighted by molar-refractivity contribution is 5.26. The predicted octanol–water partition coefficient (Wildman–Crippen LogP) is 2.01. The molecule has 3 nitrogen and oxygen atoms in total. The van der Waals surface area contributed by atoms with Crippen LogP contribution in [0.5, 0.6) is 0 Å². The van der Waals surface area contributed by atoms with Gasteiger partial charge in [-0.25, -0.2) is 14.4 Å². The first-order valence-corrected chi connectivity index (χ1v) is 4.90. The second-order valence-corrected chi connectivity index (χ2v) is 3.45. The van der Waals surface area contributed by atoms with Crippen molar-refractivity contribution in [3.05, 3.63) is 59.4 Å². The average molecular weight is 218 g/mol. The number of rotatable bonds is 2. The Morgan fingerprint density at radius 2 is 2.00 bits per heavy atom. The minimum absolute atomic E-state index is 0.223. The fourth-order valence-electron chi connectivity index (χ4n) is 1.48. The van der Waals surface area contributed by atoms with Crippen molar-refractivity contribution in [2.24, 2.45) is 0 Å². The van der Waals surface area contributed by atoms with E-state index in [1.807, 2.05) is 0 Å². The number of nitrogens with zero attached hydrogens (tertiary/aromatic N) is 2. The van der Waals surface area contributed by atoms with Gasteiger partial charge in [0, 0.05) is 11.8 Å². The fourth-order valence-corrected chi connectivity index (χ4v) is 1.48. The molecular weight excluding hydrogens is 207 g/mol. The molecule has 2 aromatic rings. The molecule has 1 aromatic heterocycles. The van der Waals surface area contributed by atoms with Gasteiger partial charge in [-0.1, -0.05) is 18.2 Å². The quantitative estimate of drug-likeness (QED) is 0.838. The van der Waals surface area contributed by atoms with Gasteiger partial charge in [0.15, 0.2) is 0 Å². The normalized spacial score (nSPS) is 12.4. The van der Waals surface area contributed by atoms with Crippen LogP contribution in [0.15, 0.2) is 36.5 Å². The maximum atomic E-state index is 13.4. The summed E-state index contributed by atoms with van der Waals surface area (Å²) in [4.78, 5) is 7.99.